The van der Waals surface area contributed by atoms with Crippen molar-refractivity contribution in [2.24, 2.45) is 0 Å². The van der Waals surface area contributed by atoms with E-state index in [0.717, 1.165) is 5.69 Å². The monoisotopic (exact) mass is 424 g/mol. The Morgan fingerprint density at radius 2 is 2.17 bits per heavy atom. The Balaban J connectivity index is 1.91. The Labute approximate surface area is 177 Å². The van der Waals surface area contributed by atoms with Crippen LogP contribution in [0.15, 0.2) is 64.4 Å². The summed E-state index contributed by atoms with van der Waals surface area (Å²) in [5, 5.41) is 11.4. The first kappa shape index (κ1) is 20.8. The molecule has 0 aliphatic heterocycles. The number of aromatic nitrogens is 2. The third-order valence-electron chi connectivity index (χ3n) is 4.27. The van der Waals surface area contributed by atoms with Crippen molar-refractivity contribution in [2.45, 2.75) is 30.3 Å². The Kier molecular flexibility index (Phi) is 6.86. The van der Waals surface area contributed by atoms with Gasteiger partial charge in [-0.05, 0) is 30.5 Å². The molecule has 0 aliphatic rings. The third-order valence-corrected chi connectivity index (χ3v) is 6.16. The van der Waals surface area contributed by atoms with Crippen molar-refractivity contribution in [1.29, 1.82) is 5.26 Å². The topological polar surface area (TPSA) is 79.0 Å². The number of fused-ring (bicyclic) bond motifs is 1. The average Bonchev–Trinajstić information content (AvgIpc) is 3.20. The second-order valence-electron chi connectivity index (χ2n) is 6.23. The van der Waals surface area contributed by atoms with E-state index in [1.807, 2.05) is 35.7 Å². The molecule has 6 nitrogen and oxygen atoms in total. The Morgan fingerprint density at radius 3 is 2.86 bits per heavy atom. The lowest BCUT2D eigenvalue weighted by atomic mass is 10.2. The number of hydrogen-bond acceptors (Lipinski definition) is 6. The first-order valence-electron chi connectivity index (χ1n) is 9.05. The second kappa shape index (κ2) is 9.54. The maximum absolute atomic E-state index is 13.2. The smallest absolute Gasteiger partial charge is 0.263 e. The van der Waals surface area contributed by atoms with Gasteiger partial charge in [-0.15, -0.1) is 17.9 Å². The van der Waals surface area contributed by atoms with E-state index in [1.54, 1.807) is 28.5 Å². The SMILES string of the molecule is C=CCn1c(SC(C)C(=O)N(CCC#N)c2ccccc2)nc2sccc2c1=O. The highest BCUT2D eigenvalue weighted by molar-refractivity contribution is 8.00. The molecule has 0 spiro atoms. The molecule has 0 saturated heterocycles. The molecule has 1 unspecified atom stereocenters. The zero-order chi connectivity index (χ0) is 20.8. The van der Waals surface area contributed by atoms with Crippen LogP contribution in [-0.2, 0) is 11.3 Å². The number of rotatable bonds is 8. The predicted molar refractivity (Wildman–Crippen MR) is 118 cm³/mol. The Hall–Kier alpha value is -2.89. The van der Waals surface area contributed by atoms with E-state index >= 15 is 0 Å². The van der Waals surface area contributed by atoms with Crippen LogP contribution >= 0.6 is 23.1 Å². The lowest BCUT2D eigenvalue weighted by molar-refractivity contribution is -0.117. The molecule has 8 heteroatoms. The molecule has 29 heavy (non-hydrogen) atoms. The van der Waals surface area contributed by atoms with Crippen LogP contribution in [0.4, 0.5) is 5.69 Å². The first-order valence-corrected chi connectivity index (χ1v) is 10.8. The van der Waals surface area contributed by atoms with Gasteiger partial charge in [-0.25, -0.2) is 4.98 Å². The number of nitriles is 1. The highest BCUT2D eigenvalue weighted by Gasteiger charge is 2.25. The normalized spacial score (nSPS) is 11.7. The summed E-state index contributed by atoms with van der Waals surface area (Å²) in [6.07, 6.45) is 1.87. The summed E-state index contributed by atoms with van der Waals surface area (Å²) in [5.41, 5.74) is 0.605. The number of nitrogens with zero attached hydrogens (tertiary/aromatic N) is 4. The summed E-state index contributed by atoms with van der Waals surface area (Å²) >= 11 is 2.64. The molecule has 0 aliphatic carbocycles. The number of benzene rings is 1. The van der Waals surface area contributed by atoms with Gasteiger partial charge < -0.3 is 4.90 Å². The summed E-state index contributed by atoms with van der Waals surface area (Å²) in [6.45, 7) is 6.14. The minimum absolute atomic E-state index is 0.136. The molecule has 0 N–H and O–H groups in total. The van der Waals surface area contributed by atoms with Crippen LogP contribution in [0.2, 0.25) is 0 Å². The zero-order valence-corrected chi connectivity index (χ0v) is 17.6. The fourth-order valence-corrected chi connectivity index (χ4v) is 4.66. The van der Waals surface area contributed by atoms with Crippen molar-refractivity contribution in [3.8, 4) is 6.07 Å². The fraction of sp³-hybridized carbons (Fsp3) is 0.238. The number of para-hydroxylation sites is 1. The minimum atomic E-state index is -0.491. The van der Waals surface area contributed by atoms with Crippen LogP contribution in [0.3, 0.4) is 0 Å². The molecule has 2 heterocycles. The Bertz CT molecular complexity index is 1120. The molecule has 3 rings (SSSR count). The van der Waals surface area contributed by atoms with Crippen LogP contribution < -0.4 is 10.5 Å². The maximum atomic E-state index is 13.2. The summed E-state index contributed by atoms with van der Waals surface area (Å²) in [5.74, 6) is -0.137. The lowest BCUT2D eigenvalue weighted by Gasteiger charge is -2.25. The molecule has 2 aromatic heterocycles. The molecule has 148 valence electrons. The van der Waals surface area contributed by atoms with Gasteiger partial charge in [-0.1, -0.05) is 36.0 Å². The van der Waals surface area contributed by atoms with Crippen molar-refractivity contribution in [3.63, 3.8) is 0 Å². The molecular formula is C21H20N4O2S2. The van der Waals surface area contributed by atoms with Crippen molar-refractivity contribution in [1.82, 2.24) is 9.55 Å². The van der Waals surface area contributed by atoms with Crippen molar-refractivity contribution < 1.29 is 4.79 Å². The third kappa shape index (κ3) is 4.58. The minimum Gasteiger partial charge on any atom is -0.310 e. The molecule has 0 saturated carbocycles. The number of hydrogen-bond donors (Lipinski definition) is 0. The van der Waals surface area contributed by atoms with Crippen molar-refractivity contribution >= 4 is 44.9 Å². The molecular weight excluding hydrogens is 404 g/mol. The Morgan fingerprint density at radius 1 is 1.41 bits per heavy atom. The van der Waals surface area contributed by atoms with Gasteiger partial charge in [0.25, 0.3) is 5.56 Å². The molecule has 3 aromatic rings. The summed E-state index contributed by atoms with van der Waals surface area (Å²) in [6, 6.07) is 13.1. The molecule has 0 fully saturated rings. The van der Waals surface area contributed by atoms with Gasteiger partial charge in [-0.3, -0.25) is 14.2 Å². The first-order chi connectivity index (χ1) is 14.1. The van der Waals surface area contributed by atoms with E-state index < -0.39 is 5.25 Å². The van der Waals surface area contributed by atoms with E-state index in [0.29, 0.717) is 28.5 Å². The van der Waals surface area contributed by atoms with E-state index in [9.17, 15) is 9.59 Å². The molecule has 1 atom stereocenters. The molecule has 1 aromatic carbocycles. The molecule has 1 amide bonds. The van der Waals surface area contributed by atoms with Gasteiger partial charge in [0.05, 0.1) is 23.1 Å². The van der Waals surface area contributed by atoms with E-state index in [1.165, 1.54) is 23.1 Å². The molecule has 0 bridgehead atoms. The van der Waals surface area contributed by atoms with E-state index in [4.69, 9.17) is 5.26 Å². The van der Waals surface area contributed by atoms with Gasteiger partial charge >= 0.3 is 0 Å². The maximum Gasteiger partial charge on any atom is 0.263 e. The standard InChI is InChI=1S/C21H20N4O2S2/c1-3-12-25-20(27)17-10-14-28-18(17)23-21(25)29-15(2)19(26)24(13-7-11-22)16-8-5-4-6-9-16/h3-6,8-10,14-15H,1,7,12-13H2,2H3. The number of amides is 1. The quantitative estimate of drug-likeness (QED) is 0.309. The number of thiophene rings is 1. The van der Waals surface area contributed by atoms with Crippen LogP contribution in [0.25, 0.3) is 10.2 Å². The van der Waals surface area contributed by atoms with Crippen LogP contribution in [0.5, 0.6) is 0 Å². The van der Waals surface area contributed by atoms with Gasteiger partial charge in [-0.2, -0.15) is 5.26 Å². The van der Waals surface area contributed by atoms with Crippen LogP contribution in [0, 0.1) is 11.3 Å². The largest absolute Gasteiger partial charge is 0.310 e. The number of carbonyl (C=O) groups is 1. The predicted octanol–water partition coefficient (Wildman–Crippen LogP) is 4.07. The number of anilines is 1. The van der Waals surface area contributed by atoms with Gasteiger partial charge in [0, 0.05) is 18.8 Å². The summed E-state index contributed by atoms with van der Waals surface area (Å²) in [7, 11) is 0. The lowest BCUT2D eigenvalue weighted by Crippen LogP contribution is -2.37. The average molecular weight is 425 g/mol. The fourth-order valence-electron chi connectivity index (χ4n) is 2.87. The zero-order valence-electron chi connectivity index (χ0n) is 15.9. The highest BCUT2D eigenvalue weighted by atomic mass is 32.2. The summed E-state index contributed by atoms with van der Waals surface area (Å²) in [4.78, 5) is 32.8. The van der Waals surface area contributed by atoms with Crippen LogP contribution in [-0.4, -0.2) is 27.3 Å². The summed E-state index contributed by atoms with van der Waals surface area (Å²) < 4.78 is 1.54. The van der Waals surface area contributed by atoms with E-state index in [-0.39, 0.29) is 17.9 Å². The highest BCUT2D eigenvalue weighted by Crippen LogP contribution is 2.27. The van der Waals surface area contributed by atoms with Crippen molar-refractivity contribution in [2.75, 3.05) is 11.4 Å². The second-order valence-corrected chi connectivity index (χ2v) is 8.43. The van der Waals surface area contributed by atoms with Gasteiger partial charge in [0.1, 0.15) is 4.83 Å². The number of carbonyl (C=O) groups excluding carboxylic acids is 1. The van der Waals surface area contributed by atoms with E-state index in [2.05, 4.69) is 17.6 Å². The van der Waals surface area contributed by atoms with Gasteiger partial charge in [0.15, 0.2) is 5.16 Å². The molecule has 0 radical (unpaired) electrons. The number of allylic oxidation sites excluding steroid dienone is 1. The van der Waals surface area contributed by atoms with Crippen molar-refractivity contribution in [3.05, 3.63) is 64.8 Å². The van der Waals surface area contributed by atoms with Crippen LogP contribution in [0.1, 0.15) is 13.3 Å². The number of thioether (sulfide) groups is 1. The van der Waals surface area contributed by atoms with Gasteiger partial charge in [0.2, 0.25) is 5.91 Å².